The topological polar surface area (TPSA) is 85.5 Å². The van der Waals surface area contributed by atoms with E-state index in [0.717, 1.165) is 13.0 Å². The molecule has 1 aromatic heterocycles. The van der Waals surface area contributed by atoms with E-state index in [1.165, 1.54) is 6.33 Å². The second kappa shape index (κ2) is 5.15. The van der Waals surface area contributed by atoms with Gasteiger partial charge in [-0.15, -0.1) is 0 Å². The molecular formula is C10H17N5O2. The van der Waals surface area contributed by atoms with Crippen LogP contribution in [0.25, 0.3) is 0 Å². The van der Waals surface area contributed by atoms with Gasteiger partial charge in [0.25, 0.3) is 0 Å². The molecule has 1 saturated heterocycles. The largest absolute Gasteiger partial charge is 0.490 e. The SMILES string of the molecule is COc1c(NN)ncnc1N(C)C1CCOC1. The van der Waals surface area contributed by atoms with Crippen molar-refractivity contribution in [2.75, 3.05) is 37.7 Å². The Morgan fingerprint density at radius 2 is 2.41 bits per heavy atom. The van der Waals surface area contributed by atoms with Crippen molar-refractivity contribution in [1.82, 2.24) is 9.97 Å². The van der Waals surface area contributed by atoms with Crippen LogP contribution >= 0.6 is 0 Å². The molecule has 0 spiro atoms. The van der Waals surface area contributed by atoms with Gasteiger partial charge in [0.2, 0.25) is 5.75 Å². The Bertz CT molecular complexity index is 381. The number of likely N-dealkylation sites (N-methyl/N-ethyl adjacent to an activating group) is 1. The number of hydrogen-bond acceptors (Lipinski definition) is 7. The second-order valence-corrected chi connectivity index (χ2v) is 3.85. The highest BCUT2D eigenvalue weighted by molar-refractivity contribution is 5.64. The van der Waals surface area contributed by atoms with Crippen LogP contribution in [0.4, 0.5) is 11.6 Å². The molecule has 0 bridgehead atoms. The molecule has 0 radical (unpaired) electrons. The van der Waals surface area contributed by atoms with Gasteiger partial charge < -0.3 is 19.8 Å². The van der Waals surface area contributed by atoms with E-state index >= 15 is 0 Å². The molecule has 3 N–H and O–H groups in total. The molecule has 7 heteroatoms. The normalized spacial score (nSPS) is 19.1. The summed E-state index contributed by atoms with van der Waals surface area (Å²) >= 11 is 0. The van der Waals surface area contributed by atoms with Gasteiger partial charge in [-0.05, 0) is 6.42 Å². The van der Waals surface area contributed by atoms with Crippen molar-refractivity contribution in [1.29, 1.82) is 0 Å². The van der Waals surface area contributed by atoms with E-state index in [9.17, 15) is 0 Å². The molecule has 94 valence electrons. The maximum absolute atomic E-state index is 5.39. The number of nitrogens with zero attached hydrogens (tertiary/aromatic N) is 3. The first kappa shape index (κ1) is 11.9. The fourth-order valence-corrected chi connectivity index (χ4v) is 1.91. The van der Waals surface area contributed by atoms with Gasteiger partial charge in [-0.25, -0.2) is 15.8 Å². The van der Waals surface area contributed by atoms with Gasteiger partial charge in [0.05, 0.1) is 19.8 Å². The molecule has 0 aliphatic carbocycles. The standard InChI is InChI=1S/C10H17N5O2/c1-15(7-3-4-17-5-7)10-8(16-2)9(14-11)12-6-13-10/h6-7H,3-5,11H2,1-2H3,(H,12,13,14). The van der Waals surface area contributed by atoms with E-state index < -0.39 is 0 Å². The van der Waals surface area contributed by atoms with Crippen LogP contribution in [-0.4, -0.2) is 43.4 Å². The minimum Gasteiger partial charge on any atom is -0.490 e. The molecule has 1 aromatic rings. The smallest absolute Gasteiger partial charge is 0.205 e. The van der Waals surface area contributed by atoms with E-state index in [4.69, 9.17) is 15.3 Å². The zero-order valence-electron chi connectivity index (χ0n) is 10.0. The highest BCUT2D eigenvalue weighted by Crippen LogP contribution is 2.32. The molecule has 2 heterocycles. The molecule has 17 heavy (non-hydrogen) atoms. The van der Waals surface area contributed by atoms with Crippen molar-refractivity contribution in [2.24, 2.45) is 5.84 Å². The average molecular weight is 239 g/mol. The fraction of sp³-hybridized carbons (Fsp3) is 0.600. The zero-order valence-corrected chi connectivity index (χ0v) is 10.0. The Morgan fingerprint density at radius 1 is 1.59 bits per heavy atom. The highest BCUT2D eigenvalue weighted by Gasteiger charge is 2.25. The zero-order chi connectivity index (χ0) is 12.3. The quantitative estimate of drug-likeness (QED) is 0.564. The van der Waals surface area contributed by atoms with Crippen molar-refractivity contribution in [2.45, 2.75) is 12.5 Å². The van der Waals surface area contributed by atoms with Crippen molar-refractivity contribution < 1.29 is 9.47 Å². The summed E-state index contributed by atoms with van der Waals surface area (Å²) in [5.74, 6) is 7.12. The first-order valence-corrected chi connectivity index (χ1v) is 5.44. The average Bonchev–Trinajstić information content (AvgIpc) is 2.90. The third-order valence-electron chi connectivity index (χ3n) is 2.91. The van der Waals surface area contributed by atoms with Gasteiger partial charge in [-0.3, -0.25) is 0 Å². The molecule has 1 atom stereocenters. The molecule has 1 aliphatic heterocycles. The van der Waals surface area contributed by atoms with Crippen LogP contribution in [0.5, 0.6) is 5.75 Å². The van der Waals surface area contributed by atoms with E-state index in [0.29, 0.717) is 30.0 Å². The summed E-state index contributed by atoms with van der Waals surface area (Å²) in [6.45, 7) is 1.49. The second-order valence-electron chi connectivity index (χ2n) is 3.85. The summed E-state index contributed by atoms with van der Waals surface area (Å²) in [5.41, 5.74) is 2.50. The molecule has 2 rings (SSSR count). The van der Waals surface area contributed by atoms with E-state index in [1.807, 2.05) is 11.9 Å². The summed E-state index contributed by atoms with van der Waals surface area (Å²) in [4.78, 5) is 10.3. The number of ether oxygens (including phenoxy) is 2. The molecule has 1 fully saturated rings. The number of anilines is 2. The third-order valence-corrected chi connectivity index (χ3v) is 2.91. The third kappa shape index (κ3) is 2.25. The van der Waals surface area contributed by atoms with Crippen LogP contribution in [0, 0.1) is 0 Å². The summed E-state index contributed by atoms with van der Waals surface area (Å²) in [7, 11) is 3.53. The van der Waals surface area contributed by atoms with Gasteiger partial charge in [-0.1, -0.05) is 0 Å². The lowest BCUT2D eigenvalue weighted by Crippen LogP contribution is -2.33. The molecule has 1 aliphatic rings. The van der Waals surface area contributed by atoms with Crippen molar-refractivity contribution in [3.05, 3.63) is 6.33 Å². The highest BCUT2D eigenvalue weighted by atomic mass is 16.5. The first-order valence-electron chi connectivity index (χ1n) is 5.44. The predicted molar refractivity (Wildman–Crippen MR) is 64.0 cm³/mol. The minimum absolute atomic E-state index is 0.310. The van der Waals surface area contributed by atoms with Crippen LogP contribution in [0.15, 0.2) is 6.33 Å². The monoisotopic (exact) mass is 239 g/mol. The number of nitrogens with two attached hydrogens (primary N) is 1. The summed E-state index contributed by atoms with van der Waals surface area (Å²) in [6, 6.07) is 0.310. The van der Waals surface area contributed by atoms with Gasteiger partial charge in [0.15, 0.2) is 11.6 Å². The number of hydrazine groups is 1. The van der Waals surface area contributed by atoms with E-state index in [2.05, 4.69) is 15.4 Å². The molecular weight excluding hydrogens is 222 g/mol. The van der Waals surface area contributed by atoms with E-state index in [-0.39, 0.29) is 0 Å². The molecule has 0 amide bonds. The van der Waals surface area contributed by atoms with E-state index in [1.54, 1.807) is 7.11 Å². The summed E-state index contributed by atoms with van der Waals surface area (Å²) < 4.78 is 10.7. The van der Waals surface area contributed by atoms with Gasteiger partial charge in [-0.2, -0.15) is 0 Å². The maximum Gasteiger partial charge on any atom is 0.205 e. The molecule has 0 saturated carbocycles. The van der Waals surface area contributed by atoms with Gasteiger partial charge in [0.1, 0.15) is 6.33 Å². The summed E-state index contributed by atoms with van der Waals surface area (Å²) in [5, 5.41) is 0. The number of hydrogen-bond donors (Lipinski definition) is 2. The van der Waals surface area contributed by atoms with Gasteiger partial charge in [0, 0.05) is 13.7 Å². The van der Waals surface area contributed by atoms with Crippen LogP contribution in [-0.2, 0) is 4.74 Å². The summed E-state index contributed by atoms with van der Waals surface area (Å²) in [6.07, 6.45) is 2.44. The molecule has 7 nitrogen and oxygen atoms in total. The lowest BCUT2D eigenvalue weighted by Gasteiger charge is -2.26. The Morgan fingerprint density at radius 3 is 3.00 bits per heavy atom. The number of nitrogens with one attached hydrogen (secondary N) is 1. The van der Waals surface area contributed by atoms with Crippen molar-refractivity contribution in [3.8, 4) is 5.75 Å². The molecule has 1 unspecified atom stereocenters. The maximum atomic E-state index is 5.39. The first-order chi connectivity index (χ1) is 8.27. The van der Waals surface area contributed by atoms with Crippen molar-refractivity contribution >= 4 is 11.6 Å². The Labute approximate surface area is 99.9 Å². The van der Waals surface area contributed by atoms with Crippen LogP contribution in [0.3, 0.4) is 0 Å². The van der Waals surface area contributed by atoms with Crippen LogP contribution in [0.1, 0.15) is 6.42 Å². The van der Waals surface area contributed by atoms with Gasteiger partial charge >= 0.3 is 0 Å². The minimum atomic E-state index is 0.310. The van der Waals surface area contributed by atoms with Crippen LogP contribution < -0.4 is 20.9 Å². The Hall–Kier alpha value is -1.60. The Balaban J connectivity index is 2.29. The lowest BCUT2D eigenvalue weighted by molar-refractivity contribution is 0.193. The Kier molecular flexibility index (Phi) is 3.60. The lowest BCUT2D eigenvalue weighted by atomic mass is 10.2. The fourth-order valence-electron chi connectivity index (χ4n) is 1.91. The van der Waals surface area contributed by atoms with Crippen LogP contribution in [0.2, 0.25) is 0 Å². The number of aromatic nitrogens is 2. The number of methoxy groups -OCH3 is 1. The molecule has 0 aromatic carbocycles. The predicted octanol–water partition coefficient (Wildman–Crippen LogP) is -0.00410. The van der Waals surface area contributed by atoms with Crippen molar-refractivity contribution in [3.63, 3.8) is 0 Å². The number of nitrogen functional groups attached to an aromatic ring is 1. The number of rotatable bonds is 4.